The number of amides is 1. The lowest BCUT2D eigenvalue weighted by molar-refractivity contribution is -0.138. The second-order valence-electron chi connectivity index (χ2n) is 7.18. The molecule has 1 aliphatic rings. The van der Waals surface area contributed by atoms with Crippen molar-refractivity contribution in [1.29, 1.82) is 0 Å². The van der Waals surface area contributed by atoms with E-state index in [4.69, 9.17) is 19.9 Å². The van der Waals surface area contributed by atoms with Crippen molar-refractivity contribution in [1.82, 2.24) is 9.55 Å². The molecule has 2 N–H and O–H groups in total. The van der Waals surface area contributed by atoms with Gasteiger partial charge in [0.1, 0.15) is 17.3 Å². The number of halogens is 3. The second-order valence-corrected chi connectivity index (χ2v) is 8.37. The van der Waals surface area contributed by atoms with Crippen molar-refractivity contribution in [3.8, 4) is 11.5 Å². The topological polar surface area (TPSA) is 88.6 Å². The number of aromatic nitrogens is 2. The van der Waals surface area contributed by atoms with E-state index in [0.717, 1.165) is 11.6 Å². The fourth-order valence-electron chi connectivity index (χ4n) is 3.64. The van der Waals surface area contributed by atoms with E-state index < -0.39 is 17.6 Å². The molecule has 11 heteroatoms. The number of methoxy groups -OCH3 is 2. The van der Waals surface area contributed by atoms with Crippen LogP contribution in [-0.2, 0) is 22.3 Å². The van der Waals surface area contributed by atoms with Crippen LogP contribution in [0, 0.1) is 0 Å². The average molecular weight is 479 g/mol. The lowest BCUT2D eigenvalue weighted by atomic mass is 10.1. The highest BCUT2D eigenvalue weighted by Crippen LogP contribution is 2.47. The van der Waals surface area contributed by atoms with Crippen LogP contribution in [0.15, 0.2) is 53.4 Å². The third-order valence-electron chi connectivity index (χ3n) is 5.21. The number of hydrogen-bond donors (Lipinski definition) is 1. The molecule has 2 aromatic carbocycles. The number of thioether (sulfide) groups is 1. The summed E-state index contributed by atoms with van der Waals surface area (Å²) in [7, 11) is 3.04. The van der Waals surface area contributed by atoms with Crippen LogP contribution in [0.4, 0.5) is 13.2 Å². The SMILES string of the molecule is COc1cc2ncn(C3CC(OCc4ccccc4C(F)(F)F)=C(C(N)=O)S3)c2cc1OC. The Morgan fingerprint density at radius 1 is 1.21 bits per heavy atom. The zero-order valence-corrected chi connectivity index (χ0v) is 18.5. The maximum atomic E-state index is 13.3. The first-order chi connectivity index (χ1) is 15.7. The van der Waals surface area contributed by atoms with Gasteiger partial charge in [-0.05, 0) is 6.07 Å². The van der Waals surface area contributed by atoms with Crippen molar-refractivity contribution in [2.24, 2.45) is 5.73 Å². The highest BCUT2D eigenvalue weighted by molar-refractivity contribution is 8.04. The molecule has 4 rings (SSSR count). The number of nitrogens with zero attached hydrogens (tertiary/aromatic N) is 2. The summed E-state index contributed by atoms with van der Waals surface area (Å²) in [5.41, 5.74) is 6.11. The van der Waals surface area contributed by atoms with Crippen LogP contribution in [0.3, 0.4) is 0 Å². The maximum Gasteiger partial charge on any atom is 0.416 e. The van der Waals surface area contributed by atoms with Gasteiger partial charge in [0.15, 0.2) is 11.5 Å². The molecule has 0 spiro atoms. The fraction of sp³-hybridized carbons (Fsp3) is 0.273. The molecular formula is C22H20F3N3O4S. The first kappa shape index (κ1) is 22.8. The summed E-state index contributed by atoms with van der Waals surface area (Å²) in [5, 5.41) is -0.330. The first-order valence-electron chi connectivity index (χ1n) is 9.79. The van der Waals surface area contributed by atoms with Crippen LogP contribution in [0.5, 0.6) is 11.5 Å². The number of alkyl halides is 3. The molecule has 0 radical (unpaired) electrons. The van der Waals surface area contributed by atoms with Crippen molar-refractivity contribution >= 4 is 28.7 Å². The van der Waals surface area contributed by atoms with Crippen molar-refractivity contribution in [2.75, 3.05) is 14.2 Å². The van der Waals surface area contributed by atoms with E-state index in [2.05, 4.69) is 4.98 Å². The molecule has 33 heavy (non-hydrogen) atoms. The lowest BCUT2D eigenvalue weighted by Crippen LogP contribution is -2.13. The Labute approximate surface area is 191 Å². The van der Waals surface area contributed by atoms with Crippen molar-refractivity contribution in [2.45, 2.75) is 24.6 Å². The Hall–Kier alpha value is -3.34. The summed E-state index contributed by atoms with van der Waals surface area (Å²) in [6.07, 6.45) is -2.65. The van der Waals surface area contributed by atoms with Gasteiger partial charge in [-0.2, -0.15) is 13.2 Å². The molecule has 3 aromatic rings. The summed E-state index contributed by atoms with van der Waals surface area (Å²) >= 11 is 1.18. The van der Waals surface area contributed by atoms with Crippen LogP contribution in [0.25, 0.3) is 11.0 Å². The Kier molecular flexibility index (Phi) is 6.15. The number of fused-ring (bicyclic) bond motifs is 1. The number of hydrogen-bond acceptors (Lipinski definition) is 6. The third kappa shape index (κ3) is 4.45. The van der Waals surface area contributed by atoms with Gasteiger partial charge in [-0.1, -0.05) is 30.0 Å². The Bertz CT molecular complexity index is 1240. The minimum atomic E-state index is -4.51. The zero-order valence-electron chi connectivity index (χ0n) is 17.7. The molecule has 2 heterocycles. The highest BCUT2D eigenvalue weighted by atomic mass is 32.2. The van der Waals surface area contributed by atoms with Crippen molar-refractivity contribution in [3.05, 3.63) is 64.5 Å². The molecule has 7 nitrogen and oxygen atoms in total. The van der Waals surface area contributed by atoms with Crippen LogP contribution < -0.4 is 15.2 Å². The summed E-state index contributed by atoms with van der Waals surface area (Å²) in [4.78, 5) is 16.6. The number of benzene rings is 2. The minimum Gasteiger partial charge on any atom is -0.493 e. The third-order valence-corrected chi connectivity index (χ3v) is 6.54. The predicted octanol–water partition coefficient (Wildman–Crippen LogP) is 4.62. The smallest absolute Gasteiger partial charge is 0.416 e. The van der Waals surface area contributed by atoms with Crippen molar-refractivity contribution in [3.63, 3.8) is 0 Å². The van der Waals surface area contributed by atoms with E-state index in [-0.39, 0.29) is 34.6 Å². The van der Waals surface area contributed by atoms with Gasteiger partial charge < -0.3 is 24.5 Å². The number of ether oxygens (including phenoxy) is 3. The number of imidazole rings is 1. The number of rotatable bonds is 7. The summed E-state index contributed by atoms with van der Waals surface area (Å²) < 4.78 is 58.1. The molecule has 1 amide bonds. The van der Waals surface area contributed by atoms with E-state index in [0.29, 0.717) is 17.0 Å². The molecule has 0 saturated heterocycles. The molecular weight excluding hydrogens is 459 g/mol. The van der Waals surface area contributed by atoms with Gasteiger partial charge in [-0.25, -0.2) is 4.98 Å². The number of allylic oxidation sites excluding steroid dienone is 1. The molecule has 0 aliphatic carbocycles. The van der Waals surface area contributed by atoms with Crippen molar-refractivity contribution < 1.29 is 32.2 Å². The van der Waals surface area contributed by atoms with Gasteiger partial charge in [0.2, 0.25) is 0 Å². The van der Waals surface area contributed by atoms with Gasteiger partial charge in [-0.3, -0.25) is 4.79 Å². The number of carbonyl (C=O) groups excluding carboxylic acids is 1. The predicted molar refractivity (Wildman–Crippen MR) is 117 cm³/mol. The monoisotopic (exact) mass is 479 g/mol. The van der Waals surface area contributed by atoms with E-state index in [9.17, 15) is 18.0 Å². The molecule has 1 unspecified atom stereocenters. The lowest BCUT2D eigenvalue weighted by Gasteiger charge is -2.15. The van der Waals surface area contributed by atoms with E-state index in [1.807, 2.05) is 4.57 Å². The highest BCUT2D eigenvalue weighted by Gasteiger charge is 2.35. The number of carbonyl (C=O) groups is 1. The number of nitrogens with two attached hydrogens (primary N) is 1. The van der Waals surface area contributed by atoms with Crippen LogP contribution in [-0.4, -0.2) is 29.7 Å². The molecule has 0 bridgehead atoms. The quantitative estimate of drug-likeness (QED) is 0.532. The summed E-state index contributed by atoms with van der Waals surface area (Å²) in [6.45, 7) is -0.342. The Morgan fingerprint density at radius 2 is 1.91 bits per heavy atom. The summed E-state index contributed by atoms with van der Waals surface area (Å²) in [5.74, 6) is 0.581. The molecule has 174 valence electrons. The van der Waals surface area contributed by atoms with Gasteiger partial charge in [0.25, 0.3) is 5.91 Å². The molecule has 1 aromatic heterocycles. The standard InChI is InChI=1S/C22H20F3N3O4S/c1-30-16-7-14-15(8-17(16)31-2)28(11-27-14)19-9-18(20(33-19)21(26)29)32-10-12-5-3-4-6-13(12)22(23,24)25/h3-8,11,19H,9-10H2,1-2H3,(H2,26,29). The number of primary amides is 1. The minimum absolute atomic E-state index is 0.0281. The van der Waals surface area contributed by atoms with E-state index >= 15 is 0 Å². The Morgan fingerprint density at radius 3 is 2.58 bits per heavy atom. The van der Waals surface area contributed by atoms with Gasteiger partial charge >= 0.3 is 6.18 Å². The Balaban J connectivity index is 1.60. The van der Waals surface area contributed by atoms with Gasteiger partial charge in [0.05, 0.1) is 42.5 Å². The fourth-order valence-corrected chi connectivity index (χ4v) is 4.82. The first-order valence-corrected chi connectivity index (χ1v) is 10.7. The average Bonchev–Trinajstić information content (AvgIpc) is 3.39. The summed E-state index contributed by atoms with van der Waals surface area (Å²) in [6, 6.07) is 8.66. The maximum absolute atomic E-state index is 13.3. The van der Waals surface area contributed by atoms with Crippen LogP contribution in [0.2, 0.25) is 0 Å². The second kappa shape index (κ2) is 8.89. The van der Waals surface area contributed by atoms with Gasteiger partial charge in [0, 0.05) is 24.1 Å². The molecule has 1 aliphatic heterocycles. The normalized spacial score (nSPS) is 16.3. The molecule has 0 saturated carbocycles. The zero-order chi connectivity index (χ0) is 23.8. The van der Waals surface area contributed by atoms with E-state index in [1.165, 1.54) is 44.2 Å². The largest absolute Gasteiger partial charge is 0.493 e. The van der Waals surface area contributed by atoms with Gasteiger partial charge in [-0.15, -0.1) is 0 Å². The molecule has 1 atom stereocenters. The van der Waals surface area contributed by atoms with Crippen LogP contribution >= 0.6 is 11.8 Å². The van der Waals surface area contributed by atoms with E-state index in [1.54, 1.807) is 18.5 Å². The van der Waals surface area contributed by atoms with Crippen LogP contribution in [0.1, 0.15) is 22.9 Å². The molecule has 0 fully saturated rings.